The second kappa shape index (κ2) is 5.22. The van der Waals surface area contributed by atoms with Crippen molar-refractivity contribution in [2.45, 2.75) is 71.3 Å². The standard InChI is InChI=1S/C17H28N2OS/c1-16(2,3)19-15(21)18-14(20)10-17-7-11-4-12(8-17)6-13(5-11)9-17/h11-13H,4-10H2,1-3H3,(H2,18,19,20,21). The normalized spacial score (nSPS) is 37.4. The lowest BCUT2D eigenvalue weighted by molar-refractivity contribution is -0.128. The number of thiocarbonyl (C=S) groups is 1. The largest absolute Gasteiger partial charge is 0.358 e. The van der Waals surface area contributed by atoms with Crippen molar-refractivity contribution in [1.29, 1.82) is 0 Å². The second-order valence-corrected chi connectivity index (χ2v) is 9.25. The summed E-state index contributed by atoms with van der Waals surface area (Å²) in [5.74, 6) is 2.79. The molecule has 4 aliphatic rings. The molecule has 0 aromatic rings. The Morgan fingerprint density at radius 3 is 2.00 bits per heavy atom. The van der Waals surface area contributed by atoms with Gasteiger partial charge >= 0.3 is 0 Å². The molecule has 1 amide bonds. The van der Waals surface area contributed by atoms with Gasteiger partial charge in [-0.15, -0.1) is 0 Å². The molecule has 4 rings (SSSR count). The number of carbonyl (C=O) groups excluding carboxylic acids is 1. The van der Waals surface area contributed by atoms with Crippen LogP contribution in [0, 0.1) is 23.2 Å². The molecule has 21 heavy (non-hydrogen) atoms. The fourth-order valence-electron chi connectivity index (χ4n) is 5.39. The molecule has 118 valence electrons. The van der Waals surface area contributed by atoms with Crippen LogP contribution in [0.4, 0.5) is 0 Å². The van der Waals surface area contributed by atoms with Crippen molar-refractivity contribution >= 4 is 23.2 Å². The van der Waals surface area contributed by atoms with Gasteiger partial charge in [0.25, 0.3) is 0 Å². The Kier molecular flexibility index (Phi) is 3.79. The maximum absolute atomic E-state index is 12.4. The zero-order chi connectivity index (χ0) is 15.3. The molecular weight excluding hydrogens is 280 g/mol. The van der Waals surface area contributed by atoms with Gasteiger partial charge < -0.3 is 10.6 Å². The molecule has 4 fully saturated rings. The van der Waals surface area contributed by atoms with Gasteiger partial charge in [-0.1, -0.05) is 0 Å². The van der Waals surface area contributed by atoms with Crippen LogP contribution >= 0.6 is 12.2 Å². The fourth-order valence-corrected chi connectivity index (χ4v) is 5.81. The van der Waals surface area contributed by atoms with Crippen LogP contribution in [-0.4, -0.2) is 16.6 Å². The average molecular weight is 308 g/mol. The Labute approximate surface area is 133 Å². The maximum atomic E-state index is 12.4. The predicted molar refractivity (Wildman–Crippen MR) is 88.9 cm³/mol. The van der Waals surface area contributed by atoms with Crippen molar-refractivity contribution in [2.24, 2.45) is 23.2 Å². The zero-order valence-electron chi connectivity index (χ0n) is 13.5. The summed E-state index contributed by atoms with van der Waals surface area (Å²) >= 11 is 5.24. The Bertz CT molecular complexity index is 417. The highest BCUT2D eigenvalue weighted by Crippen LogP contribution is 2.61. The van der Waals surface area contributed by atoms with Crippen molar-refractivity contribution in [3.63, 3.8) is 0 Å². The summed E-state index contributed by atoms with van der Waals surface area (Å²) in [5, 5.41) is 6.52. The lowest BCUT2D eigenvalue weighted by atomic mass is 9.49. The quantitative estimate of drug-likeness (QED) is 0.768. The van der Waals surface area contributed by atoms with Crippen LogP contribution in [0.25, 0.3) is 0 Å². The first-order chi connectivity index (χ1) is 9.73. The van der Waals surface area contributed by atoms with Gasteiger partial charge in [-0.3, -0.25) is 4.79 Å². The number of rotatable bonds is 2. The van der Waals surface area contributed by atoms with Gasteiger partial charge in [0.2, 0.25) is 5.91 Å². The van der Waals surface area contributed by atoms with Gasteiger partial charge in [0, 0.05) is 12.0 Å². The highest BCUT2D eigenvalue weighted by molar-refractivity contribution is 7.80. The number of carbonyl (C=O) groups is 1. The molecule has 0 atom stereocenters. The molecule has 0 aliphatic heterocycles. The van der Waals surface area contributed by atoms with Crippen LogP contribution in [-0.2, 0) is 4.79 Å². The Morgan fingerprint density at radius 2 is 1.57 bits per heavy atom. The van der Waals surface area contributed by atoms with Crippen LogP contribution in [0.15, 0.2) is 0 Å². The monoisotopic (exact) mass is 308 g/mol. The predicted octanol–water partition coefficient (Wildman–Crippen LogP) is 3.38. The molecule has 4 bridgehead atoms. The summed E-state index contributed by atoms with van der Waals surface area (Å²) in [6, 6.07) is 0. The van der Waals surface area contributed by atoms with Gasteiger partial charge in [0.05, 0.1) is 0 Å². The van der Waals surface area contributed by atoms with Crippen LogP contribution in [0.5, 0.6) is 0 Å². The van der Waals surface area contributed by atoms with E-state index in [1.807, 2.05) is 20.8 Å². The first-order valence-electron chi connectivity index (χ1n) is 8.35. The summed E-state index contributed by atoms with van der Waals surface area (Å²) in [6.07, 6.45) is 8.74. The smallest absolute Gasteiger partial charge is 0.226 e. The van der Waals surface area contributed by atoms with Crippen molar-refractivity contribution < 1.29 is 4.79 Å². The molecular formula is C17H28N2OS. The third-order valence-corrected chi connectivity index (χ3v) is 5.65. The molecule has 4 aliphatic carbocycles. The molecule has 0 aromatic heterocycles. The highest BCUT2D eigenvalue weighted by Gasteiger charge is 2.51. The van der Waals surface area contributed by atoms with E-state index in [9.17, 15) is 4.79 Å². The minimum Gasteiger partial charge on any atom is -0.358 e. The maximum Gasteiger partial charge on any atom is 0.226 e. The molecule has 0 heterocycles. The van der Waals surface area contributed by atoms with E-state index in [0.717, 1.165) is 17.8 Å². The zero-order valence-corrected chi connectivity index (χ0v) is 14.3. The van der Waals surface area contributed by atoms with Gasteiger partial charge in [-0.05, 0) is 94.7 Å². The summed E-state index contributed by atoms with van der Waals surface area (Å²) in [5.41, 5.74) is 0.182. The fraction of sp³-hybridized carbons (Fsp3) is 0.882. The molecule has 3 nitrogen and oxygen atoms in total. The van der Waals surface area contributed by atoms with Crippen LogP contribution in [0.3, 0.4) is 0 Å². The van der Waals surface area contributed by atoms with Crippen molar-refractivity contribution in [2.75, 3.05) is 0 Å². The average Bonchev–Trinajstić information content (AvgIpc) is 2.21. The second-order valence-electron chi connectivity index (χ2n) is 8.85. The number of nitrogens with one attached hydrogen (secondary N) is 2. The van der Waals surface area contributed by atoms with E-state index in [4.69, 9.17) is 12.2 Å². The summed E-state index contributed by atoms with van der Waals surface area (Å²) in [4.78, 5) is 12.4. The molecule has 0 radical (unpaired) electrons. The number of hydrogen-bond donors (Lipinski definition) is 2. The Morgan fingerprint density at radius 1 is 1.10 bits per heavy atom. The van der Waals surface area contributed by atoms with E-state index in [-0.39, 0.29) is 16.9 Å². The highest BCUT2D eigenvalue weighted by atomic mass is 32.1. The van der Waals surface area contributed by atoms with Crippen LogP contribution in [0.2, 0.25) is 0 Å². The lowest BCUT2D eigenvalue weighted by Gasteiger charge is -2.56. The number of hydrogen-bond acceptors (Lipinski definition) is 2. The van der Waals surface area contributed by atoms with Crippen LogP contribution < -0.4 is 10.6 Å². The minimum atomic E-state index is -0.106. The van der Waals surface area contributed by atoms with Gasteiger partial charge in [0.1, 0.15) is 0 Å². The molecule has 2 N–H and O–H groups in total. The number of amides is 1. The van der Waals surface area contributed by atoms with E-state index < -0.39 is 0 Å². The molecule has 0 spiro atoms. The van der Waals surface area contributed by atoms with Gasteiger partial charge in [-0.2, -0.15) is 0 Å². The Hall–Kier alpha value is -0.640. The van der Waals surface area contributed by atoms with Crippen molar-refractivity contribution in [1.82, 2.24) is 10.6 Å². The molecule has 4 saturated carbocycles. The molecule has 0 aromatic carbocycles. The van der Waals surface area contributed by atoms with E-state index >= 15 is 0 Å². The van der Waals surface area contributed by atoms with E-state index in [1.165, 1.54) is 38.5 Å². The third kappa shape index (κ3) is 3.58. The van der Waals surface area contributed by atoms with E-state index in [0.29, 0.717) is 11.5 Å². The van der Waals surface area contributed by atoms with Gasteiger partial charge in [0.15, 0.2) is 5.11 Å². The SMILES string of the molecule is CC(C)(C)NC(=S)NC(=O)CC12CC3CC(CC(C3)C1)C2. The summed E-state index contributed by atoms with van der Waals surface area (Å²) in [7, 11) is 0. The topological polar surface area (TPSA) is 41.1 Å². The Balaban J connectivity index is 1.56. The van der Waals surface area contributed by atoms with Crippen molar-refractivity contribution in [3.8, 4) is 0 Å². The van der Waals surface area contributed by atoms with E-state index in [2.05, 4.69) is 10.6 Å². The van der Waals surface area contributed by atoms with Crippen molar-refractivity contribution in [3.05, 3.63) is 0 Å². The molecule has 4 heteroatoms. The minimum absolute atomic E-state index is 0.106. The van der Waals surface area contributed by atoms with Crippen LogP contribution in [0.1, 0.15) is 65.7 Å². The summed E-state index contributed by atoms with van der Waals surface area (Å²) in [6.45, 7) is 6.14. The summed E-state index contributed by atoms with van der Waals surface area (Å²) < 4.78 is 0. The molecule has 0 saturated heterocycles. The van der Waals surface area contributed by atoms with E-state index in [1.54, 1.807) is 0 Å². The molecule has 0 unspecified atom stereocenters. The first kappa shape index (κ1) is 15.3. The lowest BCUT2D eigenvalue weighted by Crippen LogP contribution is -2.51. The third-order valence-electron chi connectivity index (χ3n) is 5.44. The van der Waals surface area contributed by atoms with Gasteiger partial charge in [-0.25, -0.2) is 0 Å². The first-order valence-corrected chi connectivity index (χ1v) is 8.76.